The molecule has 0 bridgehead atoms. The number of primary amides is 1. The van der Waals surface area contributed by atoms with Gasteiger partial charge in [0.05, 0.1) is 6.04 Å². The van der Waals surface area contributed by atoms with E-state index >= 15 is 0 Å². The molecule has 1 aliphatic rings. The van der Waals surface area contributed by atoms with Crippen molar-refractivity contribution in [2.75, 3.05) is 6.54 Å². The molecule has 0 aromatic heterocycles. The van der Waals surface area contributed by atoms with Crippen molar-refractivity contribution >= 4 is 27.7 Å². The Morgan fingerprint density at radius 3 is 2.52 bits per heavy atom. The summed E-state index contributed by atoms with van der Waals surface area (Å²) >= 11 is 3.43. The Morgan fingerprint density at radius 2 is 2.00 bits per heavy atom. The number of amides is 2. The number of benzene rings is 1. The average molecular weight is 381 g/mol. The van der Waals surface area contributed by atoms with Gasteiger partial charge in [-0.1, -0.05) is 41.9 Å². The van der Waals surface area contributed by atoms with Gasteiger partial charge in [0.1, 0.15) is 0 Å². The minimum atomic E-state index is -0.551. The topological polar surface area (TPSA) is 63.4 Å². The van der Waals surface area contributed by atoms with Crippen molar-refractivity contribution in [1.29, 1.82) is 0 Å². The maximum atomic E-state index is 12.5. The first-order valence-corrected chi connectivity index (χ1v) is 8.85. The number of hydrogen-bond acceptors (Lipinski definition) is 2. The van der Waals surface area contributed by atoms with E-state index in [9.17, 15) is 9.59 Å². The van der Waals surface area contributed by atoms with Gasteiger partial charge in [-0.3, -0.25) is 9.59 Å². The largest absolute Gasteiger partial charge is 0.369 e. The molecule has 2 N–H and O–H groups in total. The third-order valence-corrected chi connectivity index (χ3v) is 5.38. The summed E-state index contributed by atoms with van der Waals surface area (Å²) in [4.78, 5) is 26.0. The fraction of sp³-hybridized carbons (Fsp3) is 0.556. The van der Waals surface area contributed by atoms with Gasteiger partial charge in [0.2, 0.25) is 11.8 Å². The number of halogens is 1. The Labute approximate surface area is 146 Å². The first-order valence-electron chi connectivity index (χ1n) is 8.05. The third kappa shape index (κ3) is 4.34. The van der Waals surface area contributed by atoms with Gasteiger partial charge in [-0.15, -0.1) is 0 Å². The van der Waals surface area contributed by atoms with Crippen LogP contribution < -0.4 is 5.73 Å². The number of nitrogens with zero attached hydrogens (tertiary/aromatic N) is 1. The lowest BCUT2D eigenvalue weighted by atomic mass is 9.78. The van der Waals surface area contributed by atoms with Crippen LogP contribution in [-0.2, 0) is 9.59 Å². The number of carbonyl (C=O) groups excluding carboxylic acids is 2. The average Bonchev–Trinajstić information content (AvgIpc) is 2.47. The van der Waals surface area contributed by atoms with Gasteiger partial charge in [-0.25, -0.2) is 0 Å². The minimum Gasteiger partial charge on any atom is -0.369 e. The van der Waals surface area contributed by atoms with Crippen LogP contribution >= 0.6 is 15.9 Å². The van der Waals surface area contributed by atoms with Crippen LogP contribution in [0.15, 0.2) is 28.7 Å². The van der Waals surface area contributed by atoms with Gasteiger partial charge in [0.15, 0.2) is 0 Å². The van der Waals surface area contributed by atoms with E-state index in [-0.39, 0.29) is 23.8 Å². The zero-order valence-electron chi connectivity index (χ0n) is 14.0. The quantitative estimate of drug-likeness (QED) is 0.846. The number of nitrogens with two attached hydrogens (primary N) is 1. The van der Waals surface area contributed by atoms with Crippen LogP contribution in [-0.4, -0.2) is 23.3 Å². The molecule has 0 aliphatic carbocycles. The molecule has 1 saturated heterocycles. The summed E-state index contributed by atoms with van der Waals surface area (Å²) in [5, 5.41) is 0. The molecular formula is C18H25BrN2O2. The van der Waals surface area contributed by atoms with Crippen LogP contribution in [0.3, 0.4) is 0 Å². The maximum absolute atomic E-state index is 12.5. The van der Waals surface area contributed by atoms with Gasteiger partial charge in [-0.05, 0) is 43.4 Å². The maximum Gasteiger partial charge on any atom is 0.223 e. The molecule has 1 aliphatic heterocycles. The van der Waals surface area contributed by atoms with Crippen LogP contribution in [0.4, 0.5) is 0 Å². The molecule has 0 radical (unpaired) electrons. The molecule has 23 heavy (non-hydrogen) atoms. The smallest absolute Gasteiger partial charge is 0.223 e. The second kappa shape index (κ2) is 7.04. The number of hydrogen-bond donors (Lipinski definition) is 1. The molecule has 2 amide bonds. The highest BCUT2D eigenvalue weighted by molar-refractivity contribution is 9.10. The Morgan fingerprint density at radius 1 is 1.39 bits per heavy atom. The summed E-state index contributed by atoms with van der Waals surface area (Å²) in [5.41, 5.74) is 6.03. The standard InChI is InChI=1S/C18H25BrN2O2/c1-12(14-4-6-15(19)7-5-14)21-9-8-13(10-16(21)22)11-18(2,3)17(20)23/h4-7,12-13H,8-11H2,1-3H3,(H2,20,23). The van der Waals surface area contributed by atoms with E-state index < -0.39 is 5.41 Å². The second-order valence-corrected chi connectivity index (χ2v) is 8.04. The van der Waals surface area contributed by atoms with E-state index in [4.69, 9.17) is 5.73 Å². The summed E-state index contributed by atoms with van der Waals surface area (Å²) in [6.45, 7) is 6.51. The highest BCUT2D eigenvalue weighted by Crippen LogP contribution is 2.34. The molecule has 1 fully saturated rings. The lowest BCUT2D eigenvalue weighted by Crippen LogP contribution is -2.42. The predicted octanol–water partition coefficient (Wildman–Crippen LogP) is 3.65. The van der Waals surface area contributed by atoms with Crippen molar-refractivity contribution in [3.05, 3.63) is 34.3 Å². The van der Waals surface area contributed by atoms with E-state index in [2.05, 4.69) is 22.9 Å². The van der Waals surface area contributed by atoms with Crippen molar-refractivity contribution in [2.45, 2.75) is 46.1 Å². The highest BCUT2D eigenvalue weighted by Gasteiger charge is 2.35. The number of rotatable bonds is 5. The lowest BCUT2D eigenvalue weighted by Gasteiger charge is -2.38. The van der Waals surface area contributed by atoms with Crippen LogP contribution in [0.5, 0.6) is 0 Å². The highest BCUT2D eigenvalue weighted by atomic mass is 79.9. The molecule has 4 nitrogen and oxygen atoms in total. The van der Waals surface area contributed by atoms with Crippen molar-refractivity contribution in [3.8, 4) is 0 Å². The van der Waals surface area contributed by atoms with E-state index in [0.717, 1.165) is 23.0 Å². The monoisotopic (exact) mass is 380 g/mol. The number of piperidine rings is 1. The van der Waals surface area contributed by atoms with Gasteiger partial charge in [0, 0.05) is 22.9 Å². The predicted molar refractivity (Wildman–Crippen MR) is 94.6 cm³/mol. The zero-order chi connectivity index (χ0) is 17.2. The van der Waals surface area contributed by atoms with Crippen molar-refractivity contribution in [2.24, 2.45) is 17.1 Å². The molecule has 126 valence electrons. The molecule has 0 saturated carbocycles. The molecule has 2 rings (SSSR count). The van der Waals surface area contributed by atoms with Crippen LogP contribution in [0, 0.1) is 11.3 Å². The number of likely N-dealkylation sites (tertiary alicyclic amines) is 1. The summed E-state index contributed by atoms with van der Waals surface area (Å²) in [5.74, 6) is 0.103. The van der Waals surface area contributed by atoms with Gasteiger partial charge in [-0.2, -0.15) is 0 Å². The Bertz CT molecular complexity index is 583. The molecule has 2 atom stereocenters. The molecule has 1 aromatic rings. The van der Waals surface area contributed by atoms with Crippen LogP contribution in [0.25, 0.3) is 0 Å². The first-order chi connectivity index (χ1) is 10.7. The molecule has 2 unspecified atom stereocenters. The SMILES string of the molecule is CC(c1ccc(Br)cc1)N1CCC(CC(C)(C)C(N)=O)CC1=O. The molecule has 1 heterocycles. The Balaban J connectivity index is 2.00. The Kier molecular flexibility index (Phi) is 5.50. The van der Waals surface area contributed by atoms with Gasteiger partial charge >= 0.3 is 0 Å². The van der Waals surface area contributed by atoms with Crippen molar-refractivity contribution in [3.63, 3.8) is 0 Å². The van der Waals surface area contributed by atoms with Gasteiger partial charge < -0.3 is 10.6 Å². The van der Waals surface area contributed by atoms with Crippen molar-refractivity contribution in [1.82, 2.24) is 4.90 Å². The summed E-state index contributed by atoms with van der Waals surface area (Å²) in [6.07, 6.45) is 2.09. The third-order valence-electron chi connectivity index (χ3n) is 4.85. The Hall–Kier alpha value is -1.36. The zero-order valence-corrected chi connectivity index (χ0v) is 15.6. The summed E-state index contributed by atoms with van der Waals surface area (Å²) < 4.78 is 1.03. The second-order valence-electron chi connectivity index (χ2n) is 7.13. The van der Waals surface area contributed by atoms with Gasteiger partial charge in [0.25, 0.3) is 0 Å². The molecule has 0 spiro atoms. The summed E-state index contributed by atoms with van der Waals surface area (Å²) in [6, 6.07) is 8.16. The fourth-order valence-corrected chi connectivity index (χ4v) is 3.50. The molecular weight excluding hydrogens is 356 g/mol. The lowest BCUT2D eigenvalue weighted by molar-refractivity contribution is -0.139. The fourth-order valence-electron chi connectivity index (χ4n) is 3.24. The van der Waals surface area contributed by atoms with E-state index in [0.29, 0.717) is 12.8 Å². The van der Waals surface area contributed by atoms with Crippen LogP contribution in [0.1, 0.15) is 51.6 Å². The summed E-state index contributed by atoms with van der Waals surface area (Å²) in [7, 11) is 0. The molecule has 5 heteroatoms. The first kappa shape index (κ1) is 18.0. The molecule has 1 aromatic carbocycles. The minimum absolute atomic E-state index is 0.0701. The number of carbonyl (C=O) groups is 2. The van der Waals surface area contributed by atoms with E-state index in [1.165, 1.54) is 0 Å². The van der Waals surface area contributed by atoms with Crippen LogP contribution in [0.2, 0.25) is 0 Å². The normalized spacial score (nSPS) is 20.4. The van der Waals surface area contributed by atoms with E-state index in [1.807, 2.05) is 43.0 Å². The van der Waals surface area contributed by atoms with E-state index in [1.54, 1.807) is 0 Å². The van der Waals surface area contributed by atoms with Crippen molar-refractivity contribution < 1.29 is 9.59 Å².